The zero-order chi connectivity index (χ0) is 17.0. The quantitative estimate of drug-likeness (QED) is 0.765. The van der Waals surface area contributed by atoms with Crippen molar-refractivity contribution < 1.29 is 18.3 Å². The van der Waals surface area contributed by atoms with E-state index in [4.69, 9.17) is 13.8 Å². The minimum Gasteiger partial charge on any atom is -0.494 e. The second-order valence-corrected chi connectivity index (χ2v) is 7.74. The molecule has 0 aliphatic carbocycles. The van der Waals surface area contributed by atoms with Gasteiger partial charge in [-0.15, -0.1) is 0 Å². The molecule has 0 radical (unpaired) electrons. The number of ether oxygens (including phenoxy) is 1. The van der Waals surface area contributed by atoms with Gasteiger partial charge in [-0.3, -0.25) is 4.57 Å². The van der Waals surface area contributed by atoms with Gasteiger partial charge in [-0.05, 0) is 31.5 Å². The highest BCUT2D eigenvalue weighted by atomic mass is 31.2. The summed E-state index contributed by atoms with van der Waals surface area (Å²) in [5.74, 6) is 0.203. The van der Waals surface area contributed by atoms with E-state index in [0.717, 1.165) is 22.6 Å². The lowest BCUT2D eigenvalue weighted by Crippen LogP contribution is -2.12. The Labute approximate surface area is 142 Å². The Hall–Kier alpha value is -1.81. The van der Waals surface area contributed by atoms with Gasteiger partial charge >= 0.3 is 7.60 Å². The van der Waals surface area contributed by atoms with Crippen molar-refractivity contribution in [1.82, 2.24) is 0 Å². The number of hydrogen-bond acceptors (Lipinski definition) is 5. The fourth-order valence-corrected chi connectivity index (χ4v) is 4.56. The molecule has 1 aliphatic rings. The molecular formula is C18H22NO4P. The zero-order valence-corrected chi connectivity index (χ0v) is 14.8. The predicted octanol–water partition coefficient (Wildman–Crippen LogP) is 4.74. The molecule has 0 saturated carbocycles. The van der Waals surface area contributed by atoms with Crippen LogP contribution < -0.4 is 10.1 Å². The fourth-order valence-electron chi connectivity index (χ4n) is 2.70. The largest absolute Gasteiger partial charge is 0.494 e. The van der Waals surface area contributed by atoms with Gasteiger partial charge in [-0.1, -0.05) is 35.9 Å². The van der Waals surface area contributed by atoms with Gasteiger partial charge in [-0.25, -0.2) is 0 Å². The van der Waals surface area contributed by atoms with Gasteiger partial charge in [0, 0.05) is 11.8 Å². The van der Waals surface area contributed by atoms with E-state index in [2.05, 4.69) is 5.32 Å². The number of rotatable bonds is 6. The van der Waals surface area contributed by atoms with Gasteiger partial charge in [0.1, 0.15) is 5.75 Å². The van der Waals surface area contributed by atoms with Crippen molar-refractivity contribution in [3.05, 3.63) is 59.7 Å². The number of nitrogens with one attached hydrogen (secondary N) is 1. The summed E-state index contributed by atoms with van der Waals surface area (Å²) in [6.07, 6.45) is 0. The SMILES string of the molecule is CCOc1cccc(N[C@H](c2cccc(C)c2)P2(=O)OCCO2)c1. The van der Waals surface area contributed by atoms with Crippen LogP contribution >= 0.6 is 7.60 Å². The Morgan fingerprint density at radius 2 is 1.92 bits per heavy atom. The van der Waals surface area contributed by atoms with Gasteiger partial charge in [0.15, 0.2) is 5.78 Å². The molecule has 2 aromatic carbocycles. The summed E-state index contributed by atoms with van der Waals surface area (Å²) in [4.78, 5) is 0. The Morgan fingerprint density at radius 3 is 2.62 bits per heavy atom. The lowest BCUT2D eigenvalue weighted by atomic mass is 10.1. The third-order valence-electron chi connectivity index (χ3n) is 3.75. The lowest BCUT2D eigenvalue weighted by Gasteiger charge is -2.25. The van der Waals surface area contributed by atoms with Gasteiger partial charge in [0.25, 0.3) is 0 Å². The van der Waals surface area contributed by atoms with Crippen molar-refractivity contribution in [2.45, 2.75) is 19.6 Å². The summed E-state index contributed by atoms with van der Waals surface area (Å²) in [6, 6.07) is 15.5. The molecule has 1 aliphatic heterocycles. The molecule has 0 unspecified atom stereocenters. The standard InChI is InChI=1S/C18H22NO4P/c1-3-21-17-9-5-8-16(13-17)19-18(24(20)22-10-11-23-24)15-7-4-6-14(2)12-15/h4-9,12-13,18-19H,3,10-11H2,1-2H3/t18-/m0/s1. The topological polar surface area (TPSA) is 56.8 Å². The van der Waals surface area contributed by atoms with Crippen molar-refractivity contribution in [2.24, 2.45) is 0 Å². The Bertz CT molecular complexity index is 739. The second-order valence-electron chi connectivity index (χ2n) is 5.63. The maximum atomic E-state index is 13.1. The molecule has 3 rings (SSSR count). The second kappa shape index (κ2) is 7.39. The molecule has 1 fully saturated rings. The first kappa shape index (κ1) is 17.0. The van der Waals surface area contributed by atoms with E-state index in [0.29, 0.717) is 19.8 Å². The summed E-state index contributed by atoms with van der Waals surface area (Å²) < 4.78 is 29.6. The molecule has 24 heavy (non-hydrogen) atoms. The average Bonchev–Trinajstić information content (AvgIpc) is 3.01. The first-order valence-corrected chi connectivity index (χ1v) is 9.67. The van der Waals surface area contributed by atoms with Crippen LogP contribution in [0.15, 0.2) is 48.5 Å². The van der Waals surface area contributed by atoms with Crippen molar-refractivity contribution in [3.8, 4) is 5.75 Å². The highest BCUT2D eigenvalue weighted by Crippen LogP contribution is 2.63. The molecule has 0 bridgehead atoms. The molecule has 1 saturated heterocycles. The first-order chi connectivity index (χ1) is 11.6. The predicted molar refractivity (Wildman–Crippen MR) is 94.7 cm³/mol. The third kappa shape index (κ3) is 3.81. The molecule has 0 spiro atoms. The maximum absolute atomic E-state index is 13.1. The smallest absolute Gasteiger partial charge is 0.357 e. The van der Waals surface area contributed by atoms with E-state index in [1.54, 1.807) is 0 Å². The van der Waals surface area contributed by atoms with Crippen LogP contribution in [-0.2, 0) is 13.6 Å². The monoisotopic (exact) mass is 347 g/mol. The van der Waals surface area contributed by atoms with E-state index in [-0.39, 0.29) is 0 Å². The van der Waals surface area contributed by atoms with Gasteiger partial charge in [0.05, 0.1) is 19.8 Å². The average molecular weight is 347 g/mol. The molecule has 128 valence electrons. The summed E-state index contributed by atoms with van der Waals surface area (Å²) in [5, 5.41) is 3.31. The normalized spacial score (nSPS) is 17.4. The highest BCUT2D eigenvalue weighted by Gasteiger charge is 2.41. The Kier molecular flexibility index (Phi) is 5.24. The molecule has 2 aromatic rings. The van der Waals surface area contributed by atoms with Crippen LogP contribution in [-0.4, -0.2) is 19.8 Å². The van der Waals surface area contributed by atoms with Crippen LogP contribution in [0.25, 0.3) is 0 Å². The van der Waals surface area contributed by atoms with Crippen molar-refractivity contribution in [2.75, 3.05) is 25.1 Å². The number of benzene rings is 2. The molecule has 1 N–H and O–H groups in total. The van der Waals surface area contributed by atoms with Crippen molar-refractivity contribution in [3.63, 3.8) is 0 Å². The number of anilines is 1. The third-order valence-corrected chi connectivity index (χ3v) is 5.89. The summed E-state index contributed by atoms with van der Waals surface area (Å²) in [7, 11) is -3.27. The molecule has 0 amide bonds. The summed E-state index contributed by atoms with van der Waals surface area (Å²) in [5.41, 5.74) is 2.77. The van der Waals surface area contributed by atoms with Crippen LogP contribution in [0, 0.1) is 6.92 Å². The van der Waals surface area contributed by atoms with Crippen molar-refractivity contribution in [1.29, 1.82) is 0 Å². The van der Waals surface area contributed by atoms with E-state index < -0.39 is 13.4 Å². The van der Waals surface area contributed by atoms with Crippen LogP contribution in [0.5, 0.6) is 5.75 Å². The number of hydrogen-bond donors (Lipinski definition) is 1. The molecule has 6 heteroatoms. The van der Waals surface area contributed by atoms with Gasteiger partial charge in [0.2, 0.25) is 0 Å². The van der Waals surface area contributed by atoms with E-state index in [1.807, 2.05) is 62.4 Å². The van der Waals surface area contributed by atoms with Crippen molar-refractivity contribution >= 4 is 13.3 Å². The molecule has 5 nitrogen and oxygen atoms in total. The fraction of sp³-hybridized carbons (Fsp3) is 0.333. The maximum Gasteiger partial charge on any atom is 0.357 e. The van der Waals surface area contributed by atoms with E-state index >= 15 is 0 Å². The Morgan fingerprint density at radius 1 is 1.17 bits per heavy atom. The number of aryl methyl sites for hydroxylation is 1. The minimum absolute atomic E-state index is 0.347. The summed E-state index contributed by atoms with van der Waals surface area (Å²) in [6.45, 7) is 5.23. The van der Waals surface area contributed by atoms with Crippen LogP contribution in [0.1, 0.15) is 23.8 Å². The highest BCUT2D eigenvalue weighted by molar-refractivity contribution is 7.54. The van der Waals surface area contributed by atoms with Crippen LogP contribution in [0.3, 0.4) is 0 Å². The van der Waals surface area contributed by atoms with E-state index in [9.17, 15) is 4.57 Å². The molecule has 0 aromatic heterocycles. The lowest BCUT2D eigenvalue weighted by molar-refractivity contribution is 0.339. The summed E-state index contributed by atoms with van der Waals surface area (Å²) >= 11 is 0. The van der Waals surface area contributed by atoms with E-state index in [1.165, 1.54) is 0 Å². The zero-order valence-electron chi connectivity index (χ0n) is 13.9. The molecular weight excluding hydrogens is 325 g/mol. The molecule has 1 atom stereocenters. The van der Waals surface area contributed by atoms with Crippen LogP contribution in [0.4, 0.5) is 5.69 Å². The van der Waals surface area contributed by atoms with Crippen LogP contribution in [0.2, 0.25) is 0 Å². The Balaban J connectivity index is 1.93. The van der Waals surface area contributed by atoms with Gasteiger partial charge in [-0.2, -0.15) is 0 Å². The van der Waals surface area contributed by atoms with Gasteiger partial charge < -0.3 is 19.1 Å². The first-order valence-electron chi connectivity index (χ1n) is 8.05. The molecule has 1 heterocycles. The minimum atomic E-state index is -3.27.